The van der Waals surface area contributed by atoms with Crippen LogP contribution in [0.4, 0.5) is 0 Å². The predicted octanol–water partition coefficient (Wildman–Crippen LogP) is 0.397. The smallest absolute Gasteiger partial charge is 0.400 e. The van der Waals surface area contributed by atoms with Crippen LogP contribution in [-0.4, -0.2) is 33.9 Å². The number of aryl methyl sites for hydroxylation is 1. The first-order chi connectivity index (χ1) is 4.79. The summed E-state index contributed by atoms with van der Waals surface area (Å²) in [4.78, 5) is 0. The zero-order valence-corrected chi connectivity index (χ0v) is 7.88. The molecule has 1 aromatic carbocycles. The van der Waals surface area contributed by atoms with Crippen molar-refractivity contribution in [3.05, 3.63) is 29.8 Å². The summed E-state index contributed by atoms with van der Waals surface area (Å²) < 4.78 is 1.36. The van der Waals surface area contributed by atoms with Gasteiger partial charge in [-0.25, -0.2) is 0 Å². The highest BCUT2D eigenvalue weighted by atomic mass is 24.4. The third-order valence-electron chi connectivity index (χ3n) is 1.12. The SMILES string of the molecule is CO.Cc1cc[c]([Mg+2])cc1. The molecule has 0 amide bonds. The molecule has 0 aliphatic rings. The van der Waals surface area contributed by atoms with Crippen LogP contribution in [-0.2, 0) is 0 Å². The van der Waals surface area contributed by atoms with Crippen LogP contribution in [0.2, 0.25) is 0 Å². The van der Waals surface area contributed by atoms with Gasteiger partial charge in [-0.15, -0.1) is 0 Å². The van der Waals surface area contributed by atoms with Gasteiger partial charge in [0.15, 0.2) is 0 Å². The molecular formula is C8H11MgO+2. The molecule has 1 rings (SSSR count). The van der Waals surface area contributed by atoms with Crippen molar-refractivity contribution in [3.8, 4) is 0 Å². The molecule has 10 heavy (non-hydrogen) atoms. The molecule has 0 saturated carbocycles. The highest BCUT2D eigenvalue weighted by Crippen LogP contribution is 1.90. The molecule has 0 aromatic heterocycles. The van der Waals surface area contributed by atoms with Crippen molar-refractivity contribution in [1.29, 1.82) is 0 Å². The fourth-order valence-corrected chi connectivity index (χ4v) is 0.824. The monoisotopic (exact) mass is 147 g/mol. The first-order valence-corrected chi connectivity index (χ1v) is 3.83. The van der Waals surface area contributed by atoms with Gasteiger partial charge >= 0.3 is 25.4 Å². The maximum absolute atomic E-state index is 7.00. The topological polar surface area (TPSA) is 20.2 Å². The van der Waals surface area contributed by atoms with Gasteiger partial charge in [-0.3, -0.25) is 0 Å². The second-order valence-electron chi connectivity index (χ2n) is 1.99. The molecule has 1 nitrogen and oxygen atoms in total. The number of aliphatic hydroxyl groups is 1. The molecule has 0 aliphatic heterocycles. The van der Waals surface area contributed by atoms with Crippen molar-refractivity contribution in [1.82, 2.24) is 0 Å². The molecular weight excluding hydrogens is 136 g/mol. The molecule has 0 bridgehead atoms. The standard InChI is InChI=1S/C7H7.CH4O.Mg/c1-7-5-3-2-4-6-7;1-2;/h3-6H,1H3;2H,1H3;/q;;+2. The summed E-state index contributed by atoms with van der Waals surface area (Å²) in [5.41, 5.74) is 1.33. The maximum atomic E-state index is 7.00. The van der Waals surface area contributed by atoms with Crippen LogP contribution in [0.15, 0.2) is 24.3 Å². The first-order valence-electron chi connectivity index (χ1n) is 3.12. The number of benzene rings is 1. The average Bonchev–Trinajstić information content (AvgIpc) is 2.00. The maximum Gasteiger partial charge on any atom is 1.47 e. The fourth-order valence-electron chi connectivity index (χ4n) is 0.588. The average molecular weight is 147 g/mol. The van der Waals surface area contributed by atoms with E-state index in [1.54, 1.807) is 0 Å². The van der Waals surface area contributed by atoms with E-state index in [4.69, 9.17) is 5.11 Å². The van der Waals surface area contributed by atoms with Gasteiger partial charge in [0.25, 0.3) is 0 Å². The quantitative estimate of drug-likeness (QED) is 0.527. The molecule has 0 saturated heterocycles. The van der Waals surface area contributed by atoms with Crippen molar-refractivity contribution >= 4 is 25.4 Å². The van der Waals surface area contributed by atoms with Gasteiger partial charge in [0, 0.05) is 19.2 Å². The van der Waals surface area contributed by atoms with Gasteiger partial charge in [0.1, 0.15) is 0 Å². The van der Waals surface area contributed by atoms with Gasteiger partial charge in [-0.05, 0) is 6.92 Å². The molecule has 1 N–H and O–H groups in total. The van der Waals surface area contributed by atoms with E-state index < -0.39 is 0 Å². The van der Waals surface area contributed by atoms with E-state index >= 15 is 0 Å². The Balaban J connectivity index is 0.000000371. The minimum absolute atomic E-state index is 1.00. The second kappa shape index (κ2) is 5.71. The summed E-state index contributed by atoms with van der Waals surface area (Å²) >= 11 is 1.91. The highest BCUT2D eigenvalue weighted by molar-refractivity contribution is 6.32. The Kier molecular flexibility index (Phi) is 5.68. The molecule has 0 atom stereocenters. The molecule has 0 unspecified atom stereocenters. The Morgan fingerprint density at radius 1 is 1.10 bits per heavy atom. The van der Waals surface area contributed by atoms with Gasteiger partial charge in [0.2, 0.25) is 0 Å². The summed E-state index contributed by atoms with van der Waals surface area (Å²) in [6.45, 7) is 2.10. The first kappa shape index (κ1) is 9.95. The zero-order valence-electron chi connectivity index (χ0n) is 6.46. The molecule has 7 radical (unpaired) electrons. The van der Waals surface area contributed by atoms with Crippen molar-refractivity contribution in [2.24, 2.45) is 0 Å². The third kappa shape index (κ3) is 3.88. The number of hydrogen-bond donors (Lipinski definition) is 1. The highest BCUT2D eigenvalue weighted by Gasteiger charge is 2.28. The van der Waals surface area contributed by atoms with Crippen molar-refractivity contribution in [3.63, 3.8) is 0 Å². The molecule has 0 fully saturated rings. The Morgan fingerprint density at radius 3 is 1.80 bits per heavy atom. The van der Waals surface area contributed by atoms with Crippen molar-refractivity contribution < 1.29 is 5.11 Å². The Labute approximate surface area is 74.5 Å². The van der Waals surface area contributed by atoms with Gasteiger partial charge in [-0.2, -0.15) is 0 Å². The minimum Gasteiger partial charge on any atom is -0.400 e. The van der Waals surface area contributed by atoms with E-state index in [1.807, 2.05) is 21.7 Å². The number of aliphatic hydroxyl groups excluding tert-OH is 1. The zero-order chi connectivity index (χ0) is 7.98. The molecule has 0 aliphatic carbocycles. The number of rotatable bonds is 0. The lowest BCUT2D eigenvalue weighted by Crippen LogP contribution is -1.98. The van der Waals surface area contributed by atoms with E-state index in [9.17, 15) is 0 Å². The fraction of sp³-hybridized carbons (Fsp3) is 0.250. The van der Waals surface area contributed by atoms with E-state index in [0.29, 0.717) is 0 Å². The van der Waals surface area contributed by atoms with Crippen LogP contribution in [0.3, 0.4) is 0 Å². The Morgan fingerprint density at radius 2 is 1.50 bits per heavy atom. The second-order valence-corrected chi connectivity index (χ2v) is 2.80. The summed E-state index contributed by atoms with van der Waals surface area (Å²) in [6.07, 6.45) is 0. The van der Waals surface area contributed by atoms with Crippen molar-refractivity contribution in [2.75, 3.05) is 7.11 Å². The van der Waals surface area contributed by atoms with Crippen LogP contribution >= 0.6 is 0 Å². The van der Waals surface area contributed by atoms with Gasteiger partial charge in [0.05, 0.1) is 0 Å². The normalized spacial score (nSPS) is 8.00. The Bertz CT molecular complexity index is 148. The summed E-state index contributed by atoms with van der Waals surface area (Å²) in [5.74, 6) is 0. The van der Waals surface area contributed by atoms with Gasteiger partial charge in [-0.1, -0.05) is 17.7 Å². The lowest BCUT2D eigenvalue weighted by atomic mass is 10.2. The molecule has 1 aromatic rings. The van der Waals surface area contributed by atoms with Crippen LogP contribution in [0.25, 0.3) is 0 Å². The van der Waals surface area contributed by atoms with Gasteiger partial charge < -0.3 is 5.11 Å². The lowest BCUT2D eigenvalue weighted by molar-refractivity contribution is 0.399. The van der Waals surface area contributed by atoms with Crippen LogP contribution in [0.1, 0.15) is 5.56 Å². The molecule has 49 valence electrons. The Hall–Kier alpha value is -0.0538. The minimum atomic E-state index is 1.00. The molecule has 0 heterocycles. The predicted molar refractivity (Wildman–Crippen MR) is 44.7 cm³/mol. The summed E-state index contributed by atoms with van der Waals surface area (Å²) in [6, 6.07) is 8.52. The number of hydrogen-bond acceptors (Lipinski definition) is 1. The van der Waals surface area contributed by atoms with Crippen LogP contribution in [0, 0.1) is 6.92 Å². The molecule has 2 heteroatoms. The van der Waals surface area contributed by atoms with E-state index in [1.165, 1.54) is 9.26 Å². The molecule has 0 spiro atoms. The largest absolute Gasteiger partial charge is 1.47 e. The van der Waals surface area contributed by atoms with E-state index in [2.05, 4.69) is 31.2 Å². The van der Waals surface area contributed by atoms with Crippen LogP contribution < -0.4 is 3.69 Å². The van der Waals surface area contributed by atoms with Crippen LogP contribution in [0.5, 0.6) is 0 Å². The van der Waals surface area contributed by atoms with E-state index in [0.717, 1.165) is 7.11 Å². The van der Waals surface area contributed by atoms with E-state index in [-0.39, 0.29) is 0 Å². The third-order valence-corrected chi connectivity index (χ3v) is 1.59. The summed E-state index contributed by atoms with van der Waals surface area (Å²) in [5, 5.41) is 7.00. The van der Waals surface area contributed by atoms with Crippen molar-refractivity contribution in [2.45, 2.75) is 6.92 Å². The lowest BCUT2D eigenvalue weighted by Gasteiger charge is -1.80. The summed E-state index contributed by atoms with van der Waals surface area (Å²) in [7, 11) is 1.00.